The molecule has 0 spiro atoms. The van der Waals surface area contributed by atoms with Crippen LogP contribution in [0.25, 0.3) is 0 Å². The Kier molecular flexibility index (Phi) is 5.36. The zero-order valence-corrected chi connectivity index (χ0v) is 16.4. The molecule has 2 heterocycles. The number of aromatic nitrogens is 1. The van der Waals surface area contributed by atoms with E-state index in [4.69, 9.17) is 0 Å². The molecule has 0 unspecified atom stereocenters. The molecule has 0 radical (unpaired) electrons. The van der Waals surface area contributed by atoms with Gasteiger partial charge in [-0.1, -0.05) is 18.2 Å². The maximum absolute atomic E-state index is 12.4. The molecule has 150 valence electrons. The van der Waals surface area contributed by atoms with Crippen molar-refractivity contribution in [2.45, 2.75) is 6.42 Å². The van der Waals surface area contributed by atoms with Gasteiger partial charge in [0, 0.05) is 35.8 Å². The molecule has 0 fully saturated rings. The lowest BCUT2D eigenvalue weighted by Crippen LogP contribution is -2.32. The second kappa shape index (κ2) is 8.26. The molecule has 4 rings (SSSR count). The number of imide groups is 1. The van der Waals surface area contributed by atoms with Gasteiger partial charge in [-0.2, -0.15) is 0 Å². The summed E-state index contributed by atoms with van der Waals surface area (Å²) in [5, 5.41) is 7.60. The molecule has 2 N–H and O–H groups in total. The fraction of sp³-hybridized carbons (Fsp3) is 0.0952. The van der Waals surface area contributed by atoms with E-state index in [0.717, 1.165) is 4.90 Å². The van der Waals surface area contributed by atoms with E-state index in [0.29, 0.717) is 27.5 Å². The highest BCUT2D eigenvalue weighted by molar-refractivity contribution is 7.13. The Morgan fingerprint density at radius 3 is 2.37 bits per heavy atom. The van der Waals surface area contributed by atoms with E-state index in [1.807, 2.05) is 0 Å². The van der Waals surface area contributed by atoms with Crippen LogP contribution in [-0.4, -0.2) is 40.1 Å². The molecule has 1 aliphatic heterocycles. The second-order valence-corrected chi connectivity index (χ2v) is 7.37. The van der Waals surface area contributed by atoms with Gasteiger partial charge in [0.25, 0.3) is 17.7 Å². The molecule has 0 bridgehead atoms. The van der Waals surface area contributed by atoms with Gasteiger partial charge >= 0.3 is 0 Å². The van der Waals surface area contributed by atoms with Crippen LogP contribution in [0, 0.1) is 0 Å². The number of anilines is 2. The molecular formula is C21H16N4O4S. The smallest absolute Gasteiger partial charge is 0.261 e. The van der Waals surface area contributed by atoms with Crippen molar-refractivity contribution in [3.8, 4) is 0 Å². The highest BCUT2D eigenvalue weighted by Gasteiger charge is 2.34. The maximum Gasteiger partial charge on any atom is 0.261 e. The van der Waals surface area contributed by atoms with E-state index < -0.39 is 11.8 Å². The molecule has 0 saturated carbocycles. The van der Waals surface area contributed by atoms with Crippen LogP contribution in [0.1, 0.15) is 37.5 Å². The Balaban J connectivity index is 1.35. The molecule has 4 amide bonds. The van der Waals surface area contributed by atoms with E-state index in [9.17, 15) is 19.2 Å². The minimum absolute atomic E-state index is 0.0254. The fourth-order valence-corrected chi connectivity index (χ4v) is 3.60. The van der Waals surface area contributed by atoms with Gasteiger partial charge in [0.15, 0.2) is 5.13 Å². The number of carbonyl (C=O) groups excluding carboxylic acids is 4. The molecule has 1 aromatic heterocycles. The molecule has 30 heavy (non-hydrogen) atoms. The second-order valence-electron chi connectivity index (χ2n) is 6.48. The Labute approximate surface area is 175 Å². The summed E-state index contributed by atoms with van der Waals surface area (Å²) in [6.07, 6.45) is 1.53. The first-order valence-electron chi connectivity index (χ1n) is 9.09. The molecule has 1 aliphatic rings. The van der Waals surface area contributed by atoms with Crippen LogP contribution in [0.2, 0.25) is 0 Å². The van der Waals surface area contributed by atoms with Crippen molar-refractivity contribution in [2.24, 2.45) is 0 Å². The van der Waals surface area contributed by atoms with E-state index in [-0.39, 0.29) is 24.8 Å². The van der Waals surface area contributed by atoms with Crippen LogP contribution >= 0.6 is 11.3 Å². The SMILES string of the molecule is O=C(CCN1C(=O)c2ccccc2C1=O)Nc1cccc(C(=O)Nc2nccs2)c1. The van der Waals surface area contributed by atoms with Gasteiger partial charge in [0.1, 0.15) is 0 Å². The standard InChI is InChI=1S/C21H16N4O4S/c26-17(8-10-25-19(28)15-6-1-2-7-16(15)20(25)29)23-14-5-3-4-13(12-14)18(27)24-21-22-9-11-30-21/h1-7,9,11-12H,8,10H2,(H,23,26)(H,22,24,27). The highest BCUT2D eigenvalue weighted by atomic mass is 32.1. The van der Waals surface area contributed by atoms with Crippen LogP contribution < -0.4 is 10.6 Å². The number of hydrogen-bond acceptors (Lipinski definition) is 6. The normalized spacial score (nSPS) is 12.6. The largest absolute Gasteiger partial charge is 0.326 e. The third kappa shape index (κ3) is 3.96. The van der Waals surface area contributed by atoms with E-state index in [1.165, 1.54) is 11.3 Å². The highest BCUT2D eigenvalue weighted by Crippen LogP contribution is 2.22. The van der Waals surface area contributed by atoms with Gasteiger partial charge in [-0.3, -0.25) is 29.4 Å². The summed E-state index contributed by atoms with van der Waals surface area (Å²) >= 11 is 1.30. The average molecular weight is 420 g/mol. The molecule has 2 aromatic carbocycles. The third-order valence-corrected chi connectivity index (χ3v) is 5.19. The maximum atomic E-state index is 12.4. The number of nitrogens with one attached hydrogen (secondary N) is 2. The van der Waals surface area contributed by atoms with Crippen molar-refractivity contribution in [1.29, 1.82) is 0 Å². The van der Waals surface area contributed by atoms with Crippen molar-refractivity contribution in [2.75, 3.05) is 17.2 Å². The van der Waals surface area contributed by atoms with Crippen LogP contribution in [0.5, 0.6) is 0 Å². The Hall–Kier alpha value is -3.85. The van der Waals surface area contributed by atoms with Crippen LogP contribution in [-0.2, 0) is 4.79 Å². The summed E-state index contributed by atoms with van der Waals surface area (Å²) in [6.45, 7) is -0.0254. The van der Waals surface area contributed by atoms with Gasteiger partial charge in [0.2, 0.25) is 5.91 Å². The number of carbonyl (C=O) groups is 4. The predicted molar refractivity (Wildman–Crippen MR) is 112 cm³/mol. The lowest BCUT2D eigenvalue weighted by molar-refractivity contribution is -0.116. The summed E-state index contributed by atoms with van der Waals surface area (Å²) in [5.41, 5.74) is 1.50. The zero-order valence-electron chi connectivity index (χ0n) is 15.6. The van der Waals surface area contributed by atoms with Crippen molar-refractivity contribution in [3.05, 3.63) is 76.8 Å². The monoisotopic (exact) mass is 420 g/mol. The van der Waals surface area contributed by atoms with Gasteiger partial charge in [-0.15, -0.1) is 11.3 Å². The van der Waals surface area contributed by atoms with Crippen LogP contribution in [0.3, 0.4) is 0 Å². The topological polar surface area (TPSA) is 108 Å². The van der Waals surface area contributed by atoms with Crippen molar-refractivity contribution < 1.29 is 19.2 Å². The molecular weight excluding hydrogens is 404 g/mol. The summed E-state index contributed by atoms with van der Waals surface area (Å²) < 4.78 is 0. The first-order chi connectivity index (χ1) is 14.5. The molecule has 3 aromatic rings. The van der Waals surface area contributed by atoms with E-state index in [1.54, 1.807) is 60.1 Å². The van der Waals surface area contributed by atoms with Gasteiger partial charge < -0.3 is 5.32 Å². The number of benzene rings is 2. The van der Waals surface area contributed by atoms with E-state index in [2.05, 4.69) is 15.6 Å². The van der Waals surface area contributed by atoms with Gasteiger partial charge in [-0.25, -0.2) is 4.98 Å². The van der Waals surface area contributed by atoms with Gasteiger partial charge in [0.05, 0.1) is 11.1 Å². The average Bonchev–Trinajstić information content (AvgIpc) is 3.34. The quantitative estimate of drug-likeness (QED) is 0.596. The minimum atomic E-state index is -0.399. The van der Waals surface area contributed by atoms with E-state index >= 15 is 0 Å². The van der Waals surface area contributed by atoms with Crippen molar-refractivity contribution in [3.63, 3.8) is 0 Å². The summed E-state index contributed by atoms with van der Waals surface area (Å²) in [6, 6.07) is 13.0. The molecule has 0 atom stereocenters. The predicted octanol–water partition coefficient (Wildman–Crippen LogP) is 3.02. The van der Waals surface area contributed by atoms with Crippen LogP contribution in [0.15, 0.2) is 60.1 Å². The molecule has 0 saturated heterocycles. The van der Waals surface area contributed by atoms with Crippen molar-refractivity contribution >= 4 is 45.8 Å². The first-order valence-corrected chi connectivity index (χ1v) is 9.97. The molecule has 9 heteroatoms. The number of hydrogen-bond donors (Lipinski definition) is 2. The lowest BCUT2D eigenvalue weighted by Gasteiger charge is -2.13. The number of fused-ring (bicyclic) bond motifs is 1. The Morgan fingerprint density at radius 2 is 1.70 bits per heavy atom. The number of amides is 4. The molecule has 0 aliphatic carbocycles. The fourth-order valence-electron chi connectivity index (χ4n) is 3.07. The Morgan fingerprint density at radius 1 is 0.967 bits per heavy atom. The number of nitrogens with zero attached hydrogens (tertiary/aromatic N) is 2. The lowest BCUT2D eigenvalue weighted by atomic mass is 10.1. The first kappa shape index (κ1) is 19.5. The van der Waals surface area contributed by atoms with Crippen molar-refractivity contribution in [1.82, 2.24) is 9.88 Å². The summed E-state index contributed by atoms with van der Waals surface area (Å²) in [7, 11) is 0. The Bertz CT molecular complexity index is 1110. The minimum Gasteiger partial charge on any atom is -0.326 e. The van der Waals surface area contributed by atoms with Crippen LogP contribution in [0.4, 0.5) is 10.8 Å². The zero-order chi connectivity index (χ0) is 21.1. The number of rotatable bonds is 6. The summed E-state index contributed by atoms with van der Waals surface area (Å²) in [5.74, 6) is -1.51. The summed E-state index contributed by atoms with van der Waals surface area (Å²) in [4.78, 5) is 54.4. The molecule has 8 nitrogen and oxygen atoms in total. The van der Waals surface area contributed by atoms with Gasteiger partial charge in [-0.05, 0) is 30.3 Å². The number of thiazole rings is 1. The third-order valence-electron chi connectivity index (χ3n) is 4.50.